The molecule has 0 amide bonds. The molecule has 2 N–H and O–H groups in total. The predicted molar refractivity (Wildman–Crippen MR) is 60.1 cm³/mol. The topological polar surface area (TPSA) is 29.3 Å². The van der Waals surface area contributed by atoms with E-state index in [1.54, 1.807) is 0 Å². The minimum Gasteiger partial charge on any atom is -0.328 e. The van der Waals surface area contributed by atoms with Crippen molar-refractivity contribution in [3.63, 3.8) is 0 Å². The lowest BCUT2D eigenvalue weighted by molar-refractivity contribution is 0.0378. The molecule has 0 radical (unpaired) electrons. The number of hydrogen-bond donors (Lipinski definition) is 1. The molecule has 2 rings (SSSR count). The molecule has 1 aliphatic heterocycles. The highest BCUT2D eigenvalue weighted by molar-refractivity contribution is 4.96. The lowest BCUT2D eigenvalue weighted by atomic mass is 9.68. The number of likely N-dealkylation sites (tertiary alicyclic amines) is 1. The van der Waals surface area contributed by atoms with E-state index >= 15 is 0 Å². The molecule has 0 aromatic rings. The van der Waals surface area contributed by atoms with Gasteiger partial charge in [-0.1, -0.05) is 13.8 Å². The molecule has 14 heavy (non-hydrogen) atoms. The molecule has 2 aliphatic rings. The van der Waals surface area contributed by atoms with E-state index < -0.39 is 0 Å². The van der Waals surface area contributed by atoms with Crippen LogP contribution < -0.4 is 5.73 Å². The van der Waals surface area contributed by atoms with Gasteiger partial charge in [-0.25, -0.2) is 0 Å². The van der Waals surface area contributed by atoms with Crippen molar-refractivity contribution in [3.8, 4) is 0 Å². The van der Waals surface area contributed by atoms with Crippen LogP contribution in [0.1, 0.15) is 40.0 Å². The van der Waals surface area contributed by atoms with Crippen LogP contribution in [0.2, 0.25) is 0 Å². The molecule has 0 aromatic heterocycles. The van der Waals surface area contributed by atoms with Crippen molar-refractivity contribution >= 4 is 0 Å². The Hall–Kier alpha value is -0.0800. The van der Waals surface area contributed by atoms with Gasteiger partial charge < -0.3 is 10.6 Å². The molecule has 1 saturated carbocycles. The lowest BCUT2D eigenvalue weighted by Crippen LogP contribution is -2.48. The third-order valence-corrected chi connectivity index (χ3v) is 4.09. The van der Waals surface area contributed by atoms with Gasteiger partial charge in [-0.05, 0) is 44.1 Å². The van der Waals surface area contributed by atoms with Gasteiger partial charge in [-0.2, -0.15) is 0 Å². The Morgan fingerprint density at radius 3 is 2.43 bits per heavy atom. The first-order chi connectivity index (χ1) is 6.48. The summed E-state index contributed by atoms with van der Waals surface area (Å²) in [6.07, 6.45) is 4.09. The molecular weight excluding hydrogens is 172 g/mol. The number of rotatable bonds is 2. The Morgan fingerprint density at radius 1 is 1.36 bits per heavy atom. The third-order valence-electron chi connectivity index (χ3n) is 4.09. The molecule has 1 heterocycles. The molecule has 0 bridgehead atoms. The summed E-state index contributed by atoms with van der Waals surface area (Å²) in [5, 5.41) is 0. The molecule has 1 aliphatic carbocycles. The number of hydrogen-bond acceptors (Lipinski definition) is 2. The van der Waals surface area contributed by atoms with E-state index in [0.717, 1.165) is 12.0 Å². The van der Waals surface area contributed by atoms with E-state index in [1.807, 2.05) is 0 Å². The molecule has 2 heteroatoms. The maximum Gasteiger partial charge on any atom is 0.0106 e. The van der Waals surface area contributed by atoms with Gasteiger partial charge in [0, 0.05) is 18.6 Å². The summed E-state index contributed by atoms with van der Waals surface area (Å²) in [6, 6.07) is 1.25. The fourth-order valence-electron chi connectivity index (χ4n) is 3.05. The van der Waals surface area contributed by atoms with Crippen molar-refractivity contribution in [2.75, 3.05) is 13.1 Å². The maximum absolute atomic E-state index is 5.95. The van der Waals surface area contributed by atoms with E-state index in [-0.39, 0.29) is 0 Å². The maximum atomic E-state index is 5.95. The number of nitrogens with two attached hydrogens (primary N) is 1. The van der Waals surface area contributed by atoms with Gasteiger partial charge in [-0.15, -0.1) is 0 Å². The third kappa shape index (κ3) is 1.96. The first-order valence-electron chi connectivity index (χ1n) is 5.97. The normalized spacial score (nSPS) is 35.6. The van der Waals surface area contributed by atoms with Crippen molar-refractivity contribution in [2.24, 2.45) is 17.1 Å². The largest absolute Gasteiger partial charge is 0.328 e. The average molecular weight is 196 g/mol. The van der Waals surface area contributed by atoms with Gasteiger partial charge in [-0.3, -0.25) is 0 Å². The molecule has 1 saturated heterocycles. The lowest BCUT2D eigenvalue weighted by Gasteiger charge is -2.47. The second-order valence-corrected chi connectivity index (χ2v) is 6.13. The van der Waals surface area contributed by atoms with Gasteiger partial charge >= 0.3 is 0 Å². The van der Waals surface area contributed by atoms with Crippen LogP contribution in [0, 0.1) is 11.3 Å². The van der Waals surface area contributed by atoms with E-state index in [9.17, 15) is 0 Å². The summed E-state index contributed by atoms with van der Waals surface area (Å²) >= 11 is 0. The van der Waals surface area contributed by atoms with E-state index in [2.05, 4.69) is 25.7 Å². The van der Waals surface area contributed by atoms with Gasteiger partial charge in [0.15, 0.2) is 0 Å². The summed E-state index contributed by atoms with van der Waals surface area (Å²) < 4.78 is 0. The molecule has 2 unspecified atom stereocenters. The van der Waals surface area contributed by atoms with Crippen LogP contribution in [0.4, 0.5) is 0 Å². The summed E-state index contributed by atoms with van der Waals surface area (Å²) in [5.74, 6) is 0.749. The second-order valence-electron chi connectivity index (χ2n) is 6.13. The van der Waals surface area contributed by atoms with Crippen molar-refractivity contribution in [2.45, 2.75) is 52.1 Å². The monoisotopic (exact) mass is 196 g/mol. The van der Waals surface area contributed by atoms with Crippen LogP contribution in [0.5, 0.6) is 0 Å². The van der Waals surface area contributed by atoms with Gasteiger partial charge in [0.05, 0.1) is 0 Å². The Labute approximate surface area is 87.8 Å². The zero-order valence-electron chi connectivity index (χ0n) is 9.79. The molecule has 2 nitrogen and oxygen atoms in total. The van der Waals surface area contributed by atoms with Crippen molar-refractivity contribution in [1.82, 2.24) is 4.90 Å². The Morgan fingerprint density at radius 2 is 2.00 bits per heavy atom. The Bertz CT molecular complexity index is 202. The second kappa shape index (κ2) is 3.49. The predicted octanol–water partition coefficient (Wildman–Crippen LogP) is 1.84. The fraction of sp³-hybridized carbons (Fsp3) is 1.00. The van der Waals surface area contributed by atoms with Crippen LogP contribution in [-0.4, -0.2) is 30.1 Å². The van der Waals surface area contributed by atoms with Gasteiger partial charge in [0.2, 0.25) is 0 Å². The van der Waals surface area contributed by atoms with Gasteiger partial charge in [0.1, 0.15) is 0 Å². The average Bonchev–Trinajstić information content (AvgIpc) is 2.47. The SMILES string of the molecule is CC(N)C1CCN(C2CC(C)(C)C2)C1. The first kappa shape index (κ1) is 10.4. The summed E-state index contributed by atoms with van der Waals surface area (Å²) in [7, 11) is 0. The molecule has 0 spiro atoms. The number of nitrogens with zero attached hydrogens (tertiary/aromatic N) is 1. The zero-order chi connectivity index (χ0) is 10.3. The highest BCUT2D eigenvalue weighted by atomic mass is 15.2. The minimum absolute atomic E-state index is 0.382. The molecule has 2 fully saturated rings. The molecular formula is C12H24N2. The van der Waals surface area contributed by atoms with E-state index in [0.29, 0.717) is 11.5 Å². The van der Waals surface area contributed by atoms with Gasteiger partial charge in [0.25, 0.3) is 0 Å². The van der Waals surface area contributed by atoms with Crippen LogP contribution in [0.3, 0.4) is 0 Å². The van der Waals surface area contributed by atoms with Crippen molar-refractivity contribution in [3.05, 3.63) is 0 Å². The van der Waals surface area contributed by atoms with Crippen LogP contribution >= 0.6 is 0 Å². The van der Waals surface area contributed by atoms with E-state index in [1.165, 1.54) is 32.4 Å². The summed E-state index contributed by atoms with van der Waals surface area (Å²) in [4.78, 5) is 2.67. The van der Waals surface area contributed by atoms with Crippen LogP contribution in [0.25, 0.3) is 0 Å². The van der Waals surface area contributed by atoms with Crippen LogP contribution in [-0.2, 0) is 0 Å². The highest BCUT2D eigenvalue weighted by Crippen LogP contribution is 2.44. The molecule has 0 aromatic carbocycles. The van der Waals surface area contributed by atoms with Crippen molar-refractivity contribution < 1.29 is 0 Å². The smallest absolute Gasteiger partial charge is 0.0106 e. The fourth-order valence-corrected chi connectivity index (χ4v) is 3.05. The highest BCUT2D eigenvalue weighted by Gasteiger charge is 2.41. The molecule has 2 atom stereocenters. The zero-order valence-corrected chi connectivity index (χ0v) is 9.79. The quantitative estimate of drug-likeness (QED) is 0.730. The van der Waals surface area contributed by atoms with E-state index in [4.69, 9.17) is 5.73 Å². The Kier molecular flexibility index (Phi) is 2.61. The van der Waals surface area contributed by atoms with Crippen molar-refractivity contribution in [1.29, 1.82) is 0 Å². The standard InChI is InChI=1S/C12H24N2/c1-9(13)10-4-5-14(8-10)11-6-12(2,3)7-11/h9-11H,4-8,13H2,1-3H3. The summed E-state index contributed by atoms with van der Waals surface area (Å²) in [6.45, 7) is 9.44. The Balaban J connectivity index is 1.80. The van der Waals surface area contributed by atoms with Crippen LogP contribution in [0.15, 0.2) is 0 Å². The molecule has 82 valence electrons. The summed E-state index contributed by atoms with van der Waals surface area (Å²) in [5.41, 5.74) is 6.55. The minimum atomic E-state index is 0.382. The first-order valence-corrected chi connectivity index (χ1v) is 5.97.